The molecule has 5 nitrogen and oxygen atoms in total. The predicted molar refractivity (Wildman–Crippen MR) is 118 cm³/mol. The number of allylic oxidation sites excluding steroid dienone is 4. The highest BCUT2D eigenvalue weighted by molar-refractivity contribution is 5.17. The zero-order valence-corrected chi connectivity index (χ0v) is 18.9. The van der Waals surface area contributed by atoms with Crippen LogP contribution in [0.4, 0.5) is 0 Å². The van der Waals surface area contributed by atoms with Gasteiger partial charge in [0.15, 0.2) is 6.29 Å². The number of unbranched alkanes of at least 4 members (excludes halogenated alkanes) is 1. The molecular weight excluding hydrogens is 366 g/mol. The summed E-state index contributed by atoms with van der Waals surface area (Å²) < 4.78 is 17.9. The molecule has 0 saturated carbocycles. The average Bonchev–Trinajstić information content (AvgIpc) is 2.69. The molecule has 2 heterocycles. The van der Waals surface area contributed by atoms with Crippen molar-refractivity contribution < 1.29 is 19.3 Å². The summed E-state index contributed by atoms with van der Waals surface area (Å²) in [6, 6.07) is 0.218. The van der Waals surface area contributed by atoms with Crippen molar-refractivity contribution in [1.82, 2.24) is 5.32 Å². The van der Waals surface area contributed by atoms with Gasteiger partial charge in [-0.3, -0.25) is 0 Å². The number of ether oxygens (including phenoxy) is 3. The highest BCUT2D eigenvalue weighted by Gasteiger charge is 2.33. The van der Waals surface area contributed by atoms with Gasteiger partial charge in [0.05, 0.1) is 31.0 Å². The Morgan fingerprint density at radius 3 is 2.55 bits per heavy atom. The zero-order chi connectivity index (χ0) is 21.3. The minimum absolute atomic E-state index is 0.0530. The van der Waals surface area contributed by atoms with E-state index in [1.54, 1.807) is 0 Å². The molecule has 2 fully saturated rings. The Hall–Kier alpha value is -1.14. The quantitative estimate of drug-likeness (QED) is 0.552. The monoisotopic (exact) mass is 407 g/mol. The van der Waals surface area contributed by atoms with Crippen LogP contribution in [0.15, 0.2) is 35.6 Å². The summed E-state index contributed by atoms with van der Waals surface area (Å²) in [5.74, 6) is 0.309. The van der Waals surface area contributed by atoms with Gasteiger partial charge in [0.2, 0.25) is 0 Å². The van der Waals surface area contributed by atoms with E-state index in [9.17, 15) is 5.11 Å². The minimum atomic E-state index is -0.184. The topological polar surface area (TPSA) is 60.0 Å². The van der Waals surface area contributed by atoms with Crippen LogP contribution in [-0.4, -0.2) is 49.0 Å². The Labute approximate surface area is 177 Å². The van der Waals surface area contributed by atoms with Gasteiger partial charge >= 0.3 is 0 Å². The highest BCUT2D eigenvalue weighted by atomic mass is 16.7. The predicted octanol–water partition coefficient (Wildman–Crippen LogP) is 4.48. The third-order valence-electron chi connectivity index (χ3n) is 5.42. The van der Waals surface area contributed by atoms with Crippen LogP contribution >= 0.6 is 0 Å². The number of hydrogen-bond donors (Lipinski definition) is 2. The minimum Gasteiger partial charge on any atom is -0.396 e. The molecule has 0 radical (unpaired) electrons. The molecule has 29 heavy (non-hydrogen) atoms. The zero-order valence-electron chi connectivity index (χ0n) is 18.9. The van der Waals surface area contributed by atoms with Gasteiger partial charge < -0.3 is 24.6 Å². The smallest absolute Gasteiger partial charge is 0.161 e. The molecule has 0 aromatic carbocycles. The second kappa shape index (κ2) is 11.9. The van der Waals surface area contributed by atoms with Gasteiger partial charge in [0, 0.05) is 18.7 Å². The molecule has 0 bridgehead atoms. The summed E-state index contributed by atoms with van der Waals surface area (Å²) in [6.07, 6.45) is 13.2. The molecule has 2 rings (SSSR count). The van der Waals surface area contributed by atoms with E-state index in [0.717, 1.165) is 32.1 Å². The van der Waals surface area contributed by atoms with Gasteiger partial charge in [-0.05, 0) is 52.9 Å². The number of aliphatic hydroxyl groups excluding tert-OH is 1. The number of hydrogen-bond acceptors (Lipinski definition) is 5. The number of nitrogens with one attached hydrogen (secondary N) is 1. The summed E-state index contributed by atoms with van der Waals surface area (Å²) in [4.78, 5) is 0. The lowest BCUT2D eigenvalue weighted by molar-refractivity contribution is -0.186. The molecule has 2 atom stereocenters. The number of aliphatic hydroxyl groups is 1. The van der Waals surface area contributed by atoms with E-state index in [2.05, 4.69) is 64.2 Å². The fourth-order valence-corrected chi connectivity index (χ4v) is 3.98. The summed E-state index contributed by atoms with van der Waals surface area (Å²) in [5, 5.41) is 13.0. The Morgan fingerprint density at radius 1 is 1.17 bits per heavy atom. The van der Waals surface area contributed by atoms with Crippen molar-refractivity contribution in [1.29, 1.82) is 0 Å². The SMILES string of the molecule is CCC/C=C(\C)NC1COC(C/C=C(C)/C=C/C2CC(CO)CC(C)(C)O2)OC1. The molecule has 0 aromatic heterocycles. The first-order chi connectivity index (χ1) is 13.8. The van der Waals surface area contributed by atoms with Crippen molar-refractivity contribution in [3.05, 3.63) is 35.6 Å². The van der Waals surface area contributed by atoms with Crippen molar-refractivity contribution in [3.8, 4) is 0 Å². The molecule has 166 valence electrons. The maximum atomic E-state index is 9.53. The van der Waals surface area contributed by atoms with Crippen LogP contribution in [0.1, 0.15) is 66.7 Å². The van der Waals surface area contributed by atoms with E-state index in [1.165, 1.54) is 11.3 Å². The lowest BCUT2D eigenvalue weighted by atomic mass is 9.86. The lowest BCUT2D eigenvalue weighted by Gasteiger charge is -2.39. The second-order valence-electron chi connectivity index (χ2n) is 9.06. The molecule has 2 saturated heterocycles. The van der Waals surface area contributed by atoms with Crippen LogP contribution in [0.3, 0.4) is 0 Å². The Morgan fingerprint density at radius 2 is 1.90 bits per heavy atom. The van der Waals surface area contributed by atoms with Gasteiger partial charge in [0.25, 0.3) is 0 Å². The average molecular weight is 408 g/mol. The van der Waals surface area contributed by atoms with Crippen LogP contribution in [0, 0.1) is 5.92 Å². The van der Waals surface area contributed by atoms with E-state index in [-0.39, 0.29) is 30.6 Å². The Balaban J connectivity index is 1.74. The molecule has 2 N–H and O–H groups in total. The molecule has 0 aliphatic carbocycles. The van der Waals surface area contributed by atoms with Crippen LogP contribution < -0.4 is 5.32 Å². The summed E-state index contributed by atoms with van der Waals surface area (Å²) >= 11 is 0. The molecular formula is C24H41NO4. The normalized spacial score (nSPS) is 31.2. The Kier molecular flexibility index (Phi) is 9.90. The largest absolute Gasteiger partial charge is 0.396 e. The molecule has 2 aliphatic heterocycles. The lowest BCUT2D eigenvalue weighted by Crippen LogP contribution is -2.43. The molecule has 5 heteroatoms. The second-order valence-corrected chi connectivity index (χ2v) is 9.06. The first kappa shape index (κ1) is 24.1. The van der Waals surface area contributed by atoms with Crippen molar-refractivity contribution >= 4 is 0 Å². The van der Waals surface area contributed by atoms with Gasteiger partial charge in [-0.25, -0.2) is 0 Å². The van der Waals surface area contributed by atoms with Gasteiger partial charge in [-0.2, -0.15) is 0 Å². The highest BCUT2D eigenvalue weighted by Crippen LogP contribution is 2.32. The molecule has 2 unspecified atom stereocenters. The first-order valence-corrected chi connectivity index (χ1v) is 11.1. The number of rotatable bonds is 9. The van der Waals surface area contributed by atoms with E-state index in [1.807, 2.05) is 0 Å². The Bertz CT molecular complexity index is 573. The maximum Gasteiger partial charge on any atom is 0.161 e. The molecule has 0 spiro atoms. The standard InChI is InChI=1S/C24H41NO4/c1-6-7-8-19(3)25-21-16-27-23(28-17-21)12-10-18(2)9-11-22-13-20(15-26)14-24(4,5)29-22/h8-11,20-23,25-26H,6-7,12-17H2,1-5H3/b11-9+,18-10+,19-8+. The third-order valence-corrected chi connectivity index (χ3v) is 5.42. The van der Waals surface area contributed by atoms with Gasteiger partial charge in [0.1, 0.15) is 0 Å². The van der Waals surface area contributed by atoms with Crippen LogP contribution in [0.5, 0.6) is 0 Å². The van der Waals surface area contributed by atoms with E-state index < -0.39 is 0 Å². The van der Waals surface area contributed by atoms with E-state index >= 15 is 0 Å². The van der Waals surface area contributed by atoms with Crippen molar-refractivity contribution in [3.63, 3.8) is 0 Å². The van der Waals surface area contributed by atoms with Crippen molar-refractivity contribution in [2.24, 2.45) is 5.92 Å². The summed E-state index contributed by atoms with van der Waals surface area (Å²) in [6.45, 7) is 12.1. The van der Waals surface area contributed by atoms with Crippen LogP contribution in [-0.2, 0) is 14.2 Å². The maximum absolute atomic E-state index is 9.53. The van der Waals surface area contributed by atoms with E-state index in [4.69, 9.17) is 14.2 Å². The van der Waals surface area contributed by atoms with Crippen molar-refractivity contribution in [2.45, 2.75) is 90.8 Å². The summed E-state index contributed by atoms with van der Waals surface area (Å²) in [5.41, 5.74) is 2.18. The van der Waals surface area contributed by atoms with Crippen LogP contribution in [0.25, 0.3) is 0 Å². The van der Waals surface area contributed by atoms with E-state index in [0.29, 0.717) is 19.1 Å². The first-order valence-electron chi connectivity index (χ1n) is 11.1. The van der Waals surface area contributed by atoms with Gasteiger partial charge in [-0.15, -0.1) is 0 Å². The fraction of sp³-hybridized carbons (Fsp3) is 0.750. The molecule has 2 aliphatic rings. The molecule has 0 amide bonds. The van der Waals surface area contributed by atoms with Crippen LogP contribution in [0.2, 0.25) is 0 Å². The fourth-order valence-electron chi connectivity index (χ4n) is 3.98. The van der Waals surface area contributed by atoms with Crippen molar-refractivity contribution in [2.75, 3.05) is 19.8 Å². The third kappa shape index (κ3) is 9.04. The summed E-state index contributed by atoms with van der Waals surface area (Å²) in [7, 11) is 0. The van der Waals surface area contributed by atoms with Gasteiger partial charge in [-0.1, -0.05) is 43.2 Å². The molecule has 0 aromatic rings.